The Morgan fingerprint density at radius 3 is 2.00 bits per heavy atom. The minimum absolute atomic E-state index is 0.718. The van der Waals surface area contributed by atoms with Gasteiger partial charge in [-0.15, -0.1) is 0 Å². The topological polar surface area (TPSA) is 6.48 Å². The summed E-state index contributed by atoms with van der Waals surface area (Å²) in [4.78, 5) is 4.62. The Labute approximate surface area is 71.2 Å². The summed E-state index contributed by atoms with van der Waals surface area (Å²) in [6.45, 7) is 6.83. The Morgan fingerprint density at radius 2 is 1.64 bits per heavy atom. The molecule has 2 heteroatoms. The molecule has 1 unspecified atom stereocenters. The maximum atomic E-state index is 2.40. The molecular formula is C9H22N2. The lowest BCUT2D eigenvalue weighted by Gasteiger charge is -2.24. The highest BCUT2D eigenvalue weighted by Gasteiger charge is 2.05. The predicted octanol–water partition coefficient (Wildman–Crippen LogP) is 1.28. The van der Waals surface area contributed by atoms with Gasteiger partial charge in [0, 0.05) is 19.1 Å². The smallest absolute Gasteiger partial charge is 0.0109 e. The molecule has 0 aromatic rings. The summed E-state index contributed by atoms with van der Waals surface area (Å²) in [7, 11) is 6.42. The van der Waals surface area contributed by atoms with E-state index < -0.39 is 0 Å². The van der Waals surface area contributed by atoms with Crippen molar-refractivity contribution in [3.63, 3.8) is 0 Å². The van der Waals surface area contributed by atoms with Crippen LogP contribution in [0.1, 0.15) is 20.3 Å². The third-order valence-corrected chi connectivity index (χ3v) is 2.24. The van der Waals surface area contributed by atoms with Gasteiger partial charge in [0.1, 0.15) is 0 Å². The van der Waals surface area contributed by atoms with Gasteiger partial charge in [0.2, 0.25) is 0 Å². The minimum atomic E-state index is 0.718. The molecule has 0 spiro atoms. The van der Waals surface area contributed by atoms with Crippen molar-refractivity contribution >= 4 is 0 Å². The summed E-state index contributed by atoms with van der Waals surface area (Å²) in [5.41, 5.74) is 0. The number of hydrogen-bond donors (Lipinski definition) is 0. The monoisotopic (exact) mass is 158 g/mol. The normalized spacial score (nSPS) is 14.5. The molecule has 0 bridgehead atoms. The number of likely N-dealkylation sites (N-methyl/N-ethyl adjacent to an activating group) is 2. The van der Waals surface area contributed by atoms with Gasteiger partial charge in [0.25, 0.3) is 0 Å². The summed E-state index contributed by atoms with van der Waals surface area (Å²) in [5.74, 6) is 0. The van der Waals surface area contributed by atoms with Gasteiger partial charge in [-0.3, -0.25) is 0 Å². The molecule has 0 saturated carbocycles. The van der Waals surface area contributed by atoms with Gasteiger partial charge in [-0.05, 0) is 34.5 Å². The first-order valence-electron chi connectivity index (χ1n) is 4.43. The highest BCUT2D eigenvalue weighted by Crippen LogP contribution is 1.98. The van der Waals surface area contributed by atoms with Crippen LogP contribution < -0.4 is 0 Å². The molecular weight excluding hydrogens is 136 g/mol. The number of rotatable bonds is 5. The Bertz CT molecular complexity index is 91.6. The first-order chi connectivity index (χ1) is 5.07. The number of hydrogen-bond acceptors (Lipinski definition) is 2. The van der Waals surface area contributed by atoms with E-state index >= 15 is 0 Å². The van der Waals surface area contributed by atoms with E-state index in [1.807, 2.05) is 0 Å². The second-order valence-electron chi connectivity index (χ2n) is 3.54. The van der Waals surface area contributed by atoms with Crippen molar-refractivity contribution in [3.05, 3.63) is 0 Å². The molecule has 2 nitrogen and oxygen atoms in total. The van der Waals surface area contributed by atoms with Crippen molar-refractivity contribution in [1.82, 2.24) is 9.80 Å². The van der Waals surface area contributed by atoms with Gasteiger partial charge >= 0.3 is 0 Å². The van der Waals surface area contributed by atoms with Crippen molar-refractivity contribution in [2.24, 2.45) is 0 Å². The van der Waals surface area contributed by atoms with Gasteiger partial charge < -0.3 is 9.80 Å². The van der Waals surface area contributed by atoms with Crippen molar-refractivity contribution < 1.29 is 0 Å². The van der Waals surface area contributed by atoms with Gasteiger partial charge in [-0.25, -0.2) is 0 Å². The third-order valence-electron chi connectivity index (χ3n) is 2.24. The average Bonchev–Trinajstić information content (AvgIpc) is 1.98. The van der Waals surface area contributed by atoms with Crippen molar-refractivity contribution in [2.75, 3.05) is 34.2 Å². The summed E-state index contributed by atoms with van der Waals surface area (Å²) < 4.78 is 0. The molecule has 0 radical (unpaired) electrons. The Kier molecular flexibility index (Phi) is 5.51. The van der Waals surface area contributed by atoms with Crippen LogP contribution in [0, 0.1) is 0 Å². The highest BCUT2D eigenvalue weighted by molar-refractivity contribution is 4.61. The molecule has 0 heterocycles. The lowest BCUT2D eigenvalue weighted by molar-refractivity contribution is 0.225. The van der Waals surface area contributed by atoms with Crippen molar-refractivity contribution in [1.29, 1.82) is 0 Å². The van der Waals surface area contributed by atoms with E-state index in [4.69, 9.17) is 0 Å². The van der Waals surface area contributed by atoms with E-state index in [-0.39, 0.29) is 0 Å². The van der Waals surface area contributed by atoms with E-state index in [2.05, 4.69) is 44.8 Å². The molecule has 0 aromatic heterocycles. The molecule has 11 heavy (non-hydrogen) atoms. The molecule has 0 aromatic carbocycles. The fourth-order valence-corrected chi connectivity index (χ4v) is 0.890. The summed E-state index contributed by atoms with van der Waals surface area (Å²) in [5, 5.41) is 0. The molecule has 0 aliphatic heterocycles. The van der Waals surface area contributed by atoms with E-state index in [0.29, 0.717) is 0 Å². The molecule has 0 aliphatic carbocycles. The van der Waals surface area contributed by atoms with Crippen LogP contribution in [0.25, 0.3) is 0 Å². The first-order valence-corrected chi connectivity index (χ1v) is 4.43. The molecule has 0 fully saturated rings. The van der Waals surface area contributed by atoms with Crippen molar-refractivity contribution in [3.8, 4) is 0 Å². The zero-order valence-corrected chi connectivity index (χ0v) is 8.59. The van der Waals surface area contributed by atoms with Gasteiger partial charge in [0.05, 0.1) is 0 Å². The Morgan fingerprint density at radius 1 is 1.09 bits per heavy atom. The molecule has 68 valence electrons. The van der Waals surface area contributed by atoms with E-state index in [1.165, 1.54) is 13.0 Å². The average molecular weight is 158 g/mol. The van der Waals surface area contributed by atoms with Crippen LogP contribution in [0.3, 0.4) is 0 Å². The largest absolute Gasteiger partial charge is 0.308 e. The maximum absolute atomic E-state index is 2.40. The summed E-state index contributed by atoms with van der Waals surface area (Å²) in [6, 6.07) is 0.718. The third kappa shape index (κ3) is 5.22. The molecule has 0 saturated heterocycles. The van der Waals surface area contributed by atoms with Gasteiger partial charge in [0.15, 0.2) is 0 Å². The highest BCUT2D eigenvalue weighted by atomic mass is 15.2. The second-order valence-corrected chi connectivity index (χ2v) is 3.54. The second kappa shape index (κ2) is 5.56. The molecule has 0 N–H and O–H groups in total. The summed E-state index contributed by atoms with van der Waals surface area (Å²) >= 11 is 0. The molecule has 0 amide bonds. The van der Waals surface area contributed by atoms with Crippen LogP contribution in [0.15, 0.2) is 0 Å². The molecule has 0 aliphatic rings. The van der Waals surface area contributed by atoms with Gasteiger partial charge in [-0.2, -0.15) is 0 Å². The first kappa shape index (κ1) is 10.9. The lowest BCUT2D eigenvalue weighted by Crippen LogP contribution is -2.34. The van der Waals surface area contributed by atoms with Crippen LogP contribution in [0.5, 0.6) is 0 Å². The van der Waals surface area contributed by atoms with E-state index in [9.17, 15) is 0 Å². The van der Waals surface area contributed by atoms with Crippen LogP contribution in [-0.2, 0) is 0 Å². The fraction of sp³-hybridized carbons (Fsp3) is 1.00. The zero-order chi connectivity index (χ0) is 8.85. The van der Waals surface area contributed by atoms with Gasteiger partial charge in [-0.1, -0.05) is 6.92 Å². The fourth-order valence-electron chi connectivity index (χ4n) is 0.890. The quantitative estimate of drug-likeness (QED) is 0.594. The van der Waals surface area contributed by atoms with E-state index in [0.717, 1.165) is 12.6 Å². The van der Waals surface area contributed by atoms with Crippen LogP contribution in [-0.4, -0.2) is 50.1 Å². The lowest BCUT2D eigenvalue weighted by atomic mass is 10.2. The summed E-state index contributed by atoms with van der Waals surface area (Å²) in [6.07, 6.45) is 1.24. The zero-order valence-electron chi connectivity index (χ0n) is 8.59. The van der Waals surface area contributed by atoms with E-state index in [1.54, 1.807) is 0 Å². The number of nitrogens with zero attached hydrogens (tertiary/aromatic N) is 2. The predicted molar refractivity (Wildman–Crippen MR) is 50.9 cm³/mol. The maximum Gasteiger partial charge on any atom is 0.0109 e. The SMILES string of the molecule is CCC(C)N(C)CCN(C)C. The van der Waals surface area contributed by atoms with Crippen LogP contribution in [0.2, 0.25) is 0 Å². The van der Waals surface area contributed by atoms with Crippen LogP contribution in [0.4, 0.5) is 0 Å². The Hall–Kier alpha value is -0.0800. The molecule has 1 atom stereocenters. The van der Waals surface area contributed by atoms with Crippen LogP contribution >= 0.6 is 0 Å². The molecule has 0 rings (SSSR count). The Balaban J connectivity index is 3.43. The standard InChI is InChI=1S/C9H22N2/c1-6-9(2)11(5)8-7-10(3)4/h9H,6-8H2,1-5H3. The van der Waals surface area contributed by atoms with Crippen molar-refractivity contribution in [2.45, 2.75) is 26.3 Å². The minimum Gasteiger partial charge on any atom is -0.308 e.